The molecule has 18 heavy (non-hydrogen) atoms. The number of piperidine rings is 1. The molecule has 0 aliphatic carbocycles. The Morgan fingerprint density at radius 1 is 1.28 bits per heavy atom. The fraction of sp³-hybridized carbons (Fsp3) is 0.933. The summed E-state index contributed by atoms with van der Waals surface area (Å²) in [5.41, 5.74) is 0. The first-order chi connectivity index (χ1) is 8.50. The zero-order valence-electron chi connectivity index (χ0n) is 12.5. The van der Waals surface area contributed by atoms with Crippen LogP contribution in [0.3, 0.4) is 0 Å². The maximum Gasteiger partial charge on any atom is 0.239 e. The lowest BCUT2D eigenvalue weighted by Crippen LogP contribution is -2.52. The highest BCUT2D eigenvalue weighted by atomic mass is 16.2. The van der Waals surface area contributed by atoms with E-state index < -0.39 is 0 Å². The lowest BCUT2D eigenvalue weighted by Gasteiger charge is -2.33. The van der Waals surface area contributed by atoms with Gasteiger partial charge in [-0.1, -0.05) is 40.5 Å². The van der Waals surface area contributed by atoms with Crippen LogP contribution in [-0.2, 0) is 4.79 Å². The van der Waals surface area contributed by atoms with Crippen LogP contribution in [0.25, 0.3) is 0 Å². The molecule has 3 heteroatoms. The van der Waals surface area contributed by atoms with E-state index >= 15 is 0 Å². The first kappa shape index (κ1) is 15.5. The van der Waals surface area contributed by atoms with E-state index in [1.165, 1.54) is 12.8 Å². The molecule has 0 aromatic rings. The number of hydrogen-bond donors (Lipinski definition) is 1. The van der Waals surface area contributed by atoms with Gasteiger partial charge in [-0.05, 0) is 25.2 Å². The third-order valence-electron chi connectivity index (χ3n) is 3.52. The summed E-state index contributed by atoms with van der Waals surface area (Å²) < 4.78 is 0. The first-order valence-electron chi connectivity index (χ1n) is 7.55. The van der Waals surface area contributed by atoms with E-state index in [1.807, 2.05) is 0 Å². The minimum absolute atomic E-state index is 0.0591. The van der Waals surface area contributed by atoms with Gasteiger partial charge in [-0.15, -0.1) is 0 Å². The number of nitrogens with zero attached hydrogens (tertiary/aromatic N) is 1. The predicted molar refractivity (Wildman–Crippen MR) is 76.6 cm³/mol. The molecule has 0 aromatic heterocycles. The summed E-state index contributed by atoms with van der Waals surface area (Å²) >= 11 is 0. The van der Waals surface area contributed by atoms with Crippen molar-refractivity contribution in [2.45, 2.75) is 71.9 Å². The number of carbonyl (C=O) groups is 1. The Morgan fingerprint density at radius 3 is 2.61 bits per heavy atom. The summed E-state index contributed by atoms with van der Waals surface area (Å²) in [5.74, 6) is 1.09. The summed E-state index contributed by atoms with van der Waals surface area (Å²) in [6.45, 7) is 10.6. The lowest BCUT2D eigenvalue weighted by molar-refractivity contribution is -0.136. The van der Waals surface area contributed by atoms with Crippen molar-refractivity contribution in [2.75, 3.05) is 13.1 Å². The zero-order valence-corrected chi connectivity index (χ0v) is 12.5. The summed E-state index contributed by atoms with van der Waals surface area (Å²) in [7, 11) is 0. The standard InChI is InChI=1S/C15H30N2O/c1-12(2)8-5-6-10-17-11-7-9-14(15(17)18)16-13(3)4/h12-14,16H,5-11H2,1-4H3. The molecule has 0 spiro atoms. The minimum Gasteiger partial charge on any atom is -0.341 e. The molecule has 1 atom stereocenters. The van der Waals surface area contributed by atoms with Gasteiger partial charge in [0, 0.05) is 19.1 Å². The van der Waals surface area contributed by atoms with Gasteiger partial charge in [0.15, 0.2) is 0 Å². The molecule has 1 N–H and O–H groups in total. The Morgan fingerprint density at radius 2 is 2.00 bits per heavy atom. The Labute approximate surface area is 112 Å². The Hall–Kier alpha value is -0.570. The number of amides is 1. The summed E-state index contributed by atoms with van der Waals surface area (Å²) in [6, 6.07) is 0.448. The highest BCUT2D eigenvalue weighted by Crippen LogP contribution is 2.14. The number of rotatable bonds is 7. The van der Waals surface area contributed by atoms with Crippen molar-refractivity contribution >= 4 is 5.91 Å². The molecule has 1 rings (SSSR count). The van der Waals surface area contributed by atoms with Crippen LogP contribution in [0.2, 0.25) is 0 Å². The van der Waals surface area contributed by atoms with E-state index in [0.717, 1.165) is 38.3 Å². The fourth-order valence-corrected chi connectivity index (χ4v) is 2.57. The van der Waals surface area contributed by atoms with Gasteiger partial charge in [-0.25, -0.2) is 0 Å². The minimum atomic E-state index is 0.0591. The van der Waals surface area contributed by atoms with E-state index in [2.05, 4.69) is 37.9 Å². The normalized spacial score (nSPS) is 21.1. The van der Waals surface area contributed by atoms with E-state index in [9.17, 15) is 4.79 Å². The number of unbranched alkanes of at least 4 members (excludes halogenated alkanes) is 1. The largest absolute Gasteiger partial charge is 0.341 e. The Kier molecular flexibility index (Phi) is 6.69. The first-order valence-corrected chi connectivity index (χ1v) is 7.55. The number of likely N-dealkylation sites (tertiary alicyclic amines) is 1. The summed E-state index contributed by atoms with van der Waals surface area (Å²) in [4.78, 5) is 14.3. The third kappa shape index (κ3) is 5.38. The van der Waals surface area contributed by atoms with Crippen molar-refractivity contribution in [3.05, 3.63) is 0 Å². The second kappa shape index (κ2) is 7.78. The average molecular weight is 254 g/mol. The molecule has 1 fully saturated rings. The van der Waals surface area contributed by atoms with Crippen molar-refractivity contribution in [1.82, 2.24) is 10.2 Å². The number of hydrogen-bond acceptors (Lipinski definition) is 2. The van der Waals surface area contributed by atoms with Crippen LogP contribution in [0.4, 0.5) is 0 Å². The number of nitrogens with one attached hydrogen (secondary N) is 1. The quantitative estimate of drug-likeness (QED) is 0.709. The van der Waals surface area contributed by atoms with Gasteiger partial charge in [0.05, 0.1) is 6.04 Å². The van der Waals surface area contributed by atoms with Crippen molar-refractivity contribution in [3.63, 3.8) is 0 Å². The SMILES string of the molecule is CC(C)CCCCN1CCCC(NC(C)C)C1=O. The highest BCUT2D eigenvalue weighted by molar-refractivity contribution is 5.82. The monoisotopic (exact) mass is 254 g/mol. The van der Waals surface area contributed by atoms with Crippen molar-refractivity contribution < 1.29 is 4.79 Å². The van der Waals surface area contributed by atoms with Gasteiger partial charge in [-0.2, -0.15) is 0 Å². The van der Waals surface area contributed by atoms with Crippen LogP contribution < -0.4 is 5.32 Å². The molecule has 3 nitrogen and oxygen atoms in total. The molecule has 1 heterocycles. The van der Waals surface area contributed by atoms with Crippen molar-refractivity contribution in [1.29, 1.82) is 0 Å². The van der Waals surface area contributed by atoms with E-state index in [1.54, 1.807) is 0 Å². The predicted octanol–water partition coefficient (Wildman–Crippen LogP) is 2.80. The highest BCUT2D eigenvalue weighted by Gasteiger charge is 2.28. The lowest BCUT2D eigenvalue weighted by atomic mass is 10.0. The molecular weight excluding hydrogens is 224 g/mol. The smallest absolute Gasteiger partial charge is 0.239 e. The molecule has 1 aliphatic heterocycles. The average Bonchev–Trinajstić information content (AvgIpc) is 2.28. The second-order valence-electron chi connectivity index (χ2n) is 6.23. The fourth-order valence-electron chi connectivity index (χ4n) is 2.57. The summed E-state index contributed by atoms with van der Waals surface area (Å²) in [5, 5.41) is 3.38. The van der Waals surface area contributed by atoms with Gasteiger partial charge in [-0.3, -0.25) is 4.79 Å². The van der Waals surface area contributed by atoms with Gasteiger partial charge >= 0.3 is 0 Å². The van der Waals surface area contributed by atoms with E-state index in [-0.39, 0.29) is 6.04 Å². The van der Waals surface area contributed by atoms with Gasteiger partial charge in [0.25, 0.3) is 0 Å². The molecular formula is C15H30N2O. The van der Waals surface area contributed by atoms with Crippen LogP contribution in [0.15, 0.2) is 0 Å². The molecule has 1 unspecified atom stereocenters. The Balaban J connectivity index is 2.30. The third-order valence-corrected chi connectivity index (χ3v) is 3.52. The van der Waals surface area contributed by atoms with Crippen LogP contribution >= 0.6 is 0 Å². The molecule has 1 amide bonds. The molecule has 1 saturated heterocycles. The number of carbonyl (C=O) groups excluding carboxylic acids is 1. The molecule has 0 saturated carbocycles. The van der Waals surface area contributed by atoms with Gasteiger partial charge in [0.1, 0.15) is 0 Å². The van der Waals surface area contributed by atoms with Gasteiger partial charge < -0.3 is 10.2 Å². The van der Waals surface area contributed by atoms with Crippen molar-refractivity contribution in [3.8, 4) is 0 Å². The maximum absolute atomic E-state index is 12.3. The maximum atomic E-state index is 12.3. The molecule has 106 valence electrons. The van der Waals surface area contributed by atoms with E-state index in [4.69, 9.17) is 0 Å². The van der Waals surface area contributed by atoms with E-state index in [0.29, 0.717) is 11.9 Å². The molecule has 0 bridgehead atoms. The topological polar surface area (TPSA) is 32.3 Å². The second-order valence-corrected chi connectivity index (χ2v) is 6.23. The van der Waals surface area contributed by atoms with Crippen molar-refractivity contribution in [2.24, 2.45) is 5.92 Å². The van der Waals surface area contributed by atoms with Crippen LogP contribution in [0.5, 0.6) is 0 Å². The molecule has 1 aliphatic rings. The zero-order chi connectivity index (χ0) is 13.5. The molecule has 0 aromatic carbocycles. The van der Waals surface area contributed by atoms with Crippen LogP contribution in [0.1, 0.15) is 59.8 Å². The van der Waals surface area contributed by atoms with Gasteiger partial charge in [0.2, 0.25) is 5.91 Å². The van der Waals surface area contributed by atoms with Crippen LogP contribution in [0, 0.1) is 5.92 Å². The van der Waals surface area contributed by atoms with Crippen LogP contribution in [-0.4, -0.2) is 36.0 Å². The Bertz CT molecular complexity index is 251. The molecule has 0 radical (unpaired) electrons. The summed E-state index contributed by atoms with van der Waals surface area (Å²) in [6.07, 6.45) is 5.80.